The lowest BCUT2D eigenvalue weighted by Gasteiger charge is -2.08. The first-order valence-electron chi connectivity index (χ1n) is 6.25. The fourth-order valence-corrected chi connectivity index (χ4v) is 1.71. The summed E-state index contributed by atoms with van der Waals surface area (Å²) in [4.78, 5) is 14.8. The van der Waals surface area contributed by atoms with Crippen LogP contribution in [0.25, 0.3) is 11.3 Å². The van der Waals surface area contributed by atoms with Crippen LogP contribution in [0.15, 0.2) is 36.4 Å². The zero-order valence-electron chi connectivity index (χ0n) is 11.0. The molecule has 1 heterocycles. The van der Waals surface area contributed by atoms with Crippen molar-refractivity contribution in [3.63, 3.8) is 0 Å². The molecule has 0 saturated heterocycles. The van der Waals surface area contributed by atoms with Crippen LogP contribution in [-0.2, 0) is 0 Å². The summed E-state index contributed by atoms with van der Waals surface area (Å²) >= 11 is 0. The van der Waals surface area contributed by atoms with Gasteiger partial charge in [0.05, 0.1) is 12.3 Å². The summed E-state index contributed by atoms with van der Waals surface area (Å²) in [6.45, 7) is 2.51. The number of rotatable bonds is 5. The minimum atomic E-state index is -1.15. The second kappa shape index (κ2) is 6.14. The van der Waals surface area contributed by atoms with Gasteiger partial charge >= 0.3 is 5.97 Å². The third kappa shape index (κ3) is 3.12. The predicted molar refractivity (Wildman–Crippen MR) is 72.4 cm³/mol. The van der Waals surface area contributed by atoms with Crippen LogP contribution in [0.1, 0.15) is 23.8 Å². The van der Waals surface area contributed by atoms with Crippen LogP contribution in [0, 0.1) is 5.82 Å². The number of carbonyl (C=O) groups is 1. The molecule has 0 radical (unpaired) electrons. The van der Waals surface area contributed by atoms with Gasteiger partial charge in [-0.15, -0.1) is 0 Å². The summed E-state index contributed by atoms with van der Waals surface area (Å²) in [5.41, 5.74) is 0.368. The van der Waals surface area contributed by atoms with E-state index in [1.165, 1.54) is 30.3 Å². The van der Waals surface area contributed by atoms with E-state index >= 15 is 0 Å². The monoisotopic (exact) mass is 275 g/mol. The van der Waals surface area contributed by atoms with Gasteiger partial charge in [0.2, 0.25) is 0 Å². The van der Waals surface area contributed by atoms with Gasteiger partial charge in [-0.1, -0.05) is 13.0 Å². The van der Waals surface area contributed by atoms with E-state index in [0.717, 1.165) is 6.42 Å². The number of halogens is 1. The molecule has 0 aliphatic rings. The summed E-state index contributed by atoms with van der Waals surface area (Å²) in [6, 6.07) is 8.81. The number of carboxylic acid groups (broad SMARTS) is 1. The van der Waals surface area contributed by atoms with Gasteiger partial charge in [0, 0.05) is 5.56 Å². The van der Waals surface area contributed by atoms with E-state index in [1.54, 1.807) is 6.07 Å². The van der Waals surface area contributed by atoms with Gasteiger partial charge in [0.1, 0.15) is 17.3 Å². The summed E-state index contributed by atoms with van der Waals surface area (Å²) in [6.07, 6.45) is 0.847. The number of aromatic nitrogens is 1. The number of hydrogen-bond acceptors (Lipinski definition) is 3. The minimum absolute atomic E-state index is 0.123. The molecule has 2 rings (SSSR count). The number of aromatic carboxylic acids is 1. The maximum Gasteiger partial charge on any atom is 0.354 e. The molecule has 0 fully saturated rings. The fourth-order valence-electron chi connectivity index (χ4n) is 1.71. The van der Waals surface area contributed by atoms with Gasteiger partial charge in [-0.3, -0.25) is 0 Å². The van der Waals surface area contributed by atoms with Gasteiger partial charge in [-0.25, -0.2) is 14.2 Å². The van der Waals surface area contributed by atoms with E-state index in [-0.39, 0.29) is 17.0 Å². The average molecular weight is 275 g/mol. The van der Waals surface area contributed by atoms with Crippen LogP contribution in [0.5, 0.6) is 5.75 Å². The maximum atomic E-state index is 13.9. The highest BCUT2D eigenvalue weighted by Crippen LogP contribution is 2.26. The van der Waals surface area contributed by atoms with Gasteiger partial charge in [0.25, 0.3) is 0 Å². The molecule has 2 aromatic rings. The first kappa shape index (κ1) is 14.0. The van der Waals surface area contributed by atoms with Crippen molar-refractivity contribution in [1.29, 1.82) is 0 Å². The van der Waals surface area contributed by atoms with Gasteiger partial charge in [0.15, 0.2) is 0 Å². The number of carboxylic acids is 1. The lowest BCUT2D eigenvalue weighted by molar-refractivity contribution is 0.0690. The zero-order chi connectivity index (χ0) is 14.5. The lowest BCUT2D eigenvalue weighted by Crippen LogP contribution is -2.01. The smallest absolute Gasteiger partial charge is 0.354 e. The third-order valence-electron chi connectivity index (χ3n) is 2.65. The molecule has 4 nitrogen and oxygen atoms in total. The number of hydrogen-bond donors (Lipinski definition) is 1. The van der Waals surface area contributed by atoms with Gasteiger partial charge < -0.3 is 9.84 Å². The molecule has 1 aromatic carbocycles. The third-order valence-corrected chi connectivity index (χ3v) is 2.65. The second-order valence-electron chi connectivity index (χ2n) is 4.20. The molecule has 0 aliphatic carbocycles. The molecular formula is C15H14FNO3. The molecule has 104 valence electrons. The van der Waals surface area contributed by atoms with Crippen molar-refractivity contribution in [1.82, 2.24) is 4.98 Å². The number of pyridine rings is 1. The molecule has 20 heavy (non-hydrogen) atoms. The van der Waals surface area contributed by atoms with Crippen molar-refractivity contribution >= 4 is 5.97 Å². The predicted octanol–water partition coefficient (Wildman–Crippen LogP) is 3.37. The van der Waals surface area contributed by atoms with Gasteiger partial charge in [-0.2, -0.15) is 0 Å². The first-order chi connectivity index (χ1) is 9.61. The maximum absolute atomic E-state index is 13.9. The Bertz CT molecular complexity index is 628. The second-order valence-corrected chi connectivity index (χ2v) is 4.20. The quantitative estimate of drug-likeness (QED) is 0.908. The summed E-state index contributed by atoms with van der Waals surface area (Å²) in [5.74, 6) is -1.08. The Morgan fingerprint density at radius 3 is 2.85 bits per heavy atom. The van der Waals surface area contributed by atoms with Crippen molar-refractivity contribution in [2.24, 2.45) is 0 Å². The van der Waals surface area contributed by atoms with Crippen molar-refractivity contribution in [3.8, 4) is 17.0 Å². The largest absolute Gasteiger partial charge is 0.494 e. The van der Waals surface area contributed by atoms with Crippen LogP contribution in [0.4, 0.5) is 4.39 Å². The van der Waals surface area contributed by atoms with Crippen molar-refractivity contribution in [2.45, 2.75) is 13.3 Å². The number of ether oxygens (including phenoxy) is 1. The molecule has 0 aliphatic heterocycles. The number of benzene rings is 1. The normalized spacial score (nSPS) is 10.3. The van der Waals surface area contributed by atoms with E-state index in [4.69, 9.17) is 9.84 Å². The lowest BCUT2D eigenvalue weighted by atomic mass is 10.1. The Morgan fingerprint density at radius 1 is 1.35 bits per heavy atom. The molecule has 0 saturated carbocycles. The highest BCUT2D eigenvalue weighted by molar-refractivity contribution is 5.86. The van der Waals surface area contributed by atoms with E-state index in [1.807, 2.05) is 6.92 Å². The summed E-state index contributed by atoms with van der Waals surface area (Å²) in [5, 5.41) is 8.92. The molecule has 1 N–H and O–H groups in total. The van der Waals surface area contributed by atoms with E-state index < -0.39 is 11.8 Å². The summed E-state index contributed by atoms with van der Waals surface area (Å²) in [7, 11) is 0. The Hall–Kier alpha value is -2.43. The minimum Gasteiger partial charge on any atom is -0.494 e. The van der Waals surface area contributed by atoms with E-state index in [2.05, 4.69) is 4.98 Å². The van der Waals surface area contributed by atoms with Crippen LogP contribution >= 0.6 is 0 Å². The van der Waals surface area contributed by atoms with Crippen molar-refractivity contribution in [2.75, 3.05) is 6.61 Å². The Balaban J connectivity index is 2.40. The highest BCUT2D eigenvalue weighted by Gasteiger charge is 2.11. The number of nitrogens with zero attached hydrogens (tertiary/aromatic N) is 1. The molecule has 5 heteroatoms. The zero-order valence-corrected chi connectivity index (χ0v) is 11.0. The van der Waals surface area contributed by atoms with E-state index in [9.17, 15) is 9.18 Å². The standard InChI is InChI=1S/C15H14FNO3/c1-2-8-20-10-6-7-12(16)11(9-10)13-4-3-5-14(17-13)15(18)19/h3-7,9H,2,8H2,1H3,(H,18,19). The molecule has 0 atom stereocenters. The van der Waals surface area contributed by atoms with Crippen molar-refractivity contribution in [3.05, 3.63) is 47.9 Å². The van der Waals surface area contributed by atoms with Crippen LogP contribution < -0.4 is 4.74 Å². The first-order valence-corrected chi connectivity index (χ1v) is 6.25. The van der Waals surface area contributed by atoms with Crippen LogP contribution in [-0.4, -0.2) is 22.7 Å². The molecule has 1 aromatic heterocycles. The molecule has 0 spiro atoms. The van der Waals surface area contributed by atoms with E-state index in [0.29, 0.717) is 12.4 Å². The molecule has 0 unspecified atom stereocenters. The van der Waals surface area contributed by atoms with Crippen LogP contribution in [0.3, 0.4) is 0 Å². The van der Waals surface area contributed by atoms with Crippen molar-refractivity contribution < 1.29 is 19.0 Å². The van der Waals surface area contributed by atoms with Crippen LogP contribution in [0.2, 0.25) is 0 Å². The van der Waals surface area contributed by atoms with Gasteiger partial charge in [-0.05, 0) is 36.8 Å². The SMILES string of the molecule is CCCOc1ccc(F)c(-c2cccc(C(=O)O)n2)c1. The Morgan fingerprint density at radius 2 is 2.15 bits per heavy atom. The Labute approximate surface area is 115 Å². The molecular weight excluding hydrogens is 261 g/mol. The Kier molecular flexibility index (Phi) is 4.30. The molecule has 0 amide bonds. The fraction of sp³-hybridized carbons (Fsp3) is 0.200. The summed E-state index contributed by atoms with van der Waals surface area (Å²) < 4.78 is 19.3. The topological polar surface area (TPSA) is 59.4 Å². The highest BCUT2D eigenvalue weighted by atomic mass is 19.1. The average Bonchev–Trinajstić information content (AvgIpc) is 2.46. The molecule has 0 bridgehead atoms.